The van der Waals surface area contributed by atoms with Gasteiger partial charge in [0.05, 0.1) is 5.69 Å². The largest absolute Gasteiger partial charge is 0.321 e. The monoisotopic (exact) mass is 333 g/mol. The fourth-order valence-electron chi connectivity index (χ4n) is 2.06. The van der Waals surface area contributed by atoms with E-state index in [-0.39, 0.29) is 5.91 Å². The van der Waals surface area contributed by atoms with Crippen molar-refractivity contribution in [2.75, 3.05) is 5.32 Å². The van der Waals surface area contributed by atoms with Crippen molar-refractivity contribution in [1.29, 1.82) is 0 Å². The molecule has 0 aromatic heterocycles. The van der Waals surface area contributed by atoms with E-state index in [1.54, 1.807) is 12.1 Å². The van der Waals surface area contributed by atoms with Crippen LogP contribution in [0.2, 0.25) is 5.02 Å². The highest BCUT2D eigenvalue weighted by atomic mass is 79.9. The van der Waals surface area contributed by atoms with Crippen molar-refractivity contribution in [3.8, 4) is 0 Å². The second-order valence-corrected chi connectivity index (χ2v) is 5.51. The van der Waals surface area contributed by atoms with Crippen LogP contribution in [0.5, 0.6) is 0 Å². The first kappa shape index (κ1) is 12.5. The first-order valence-electron chi connectivity index (χ1n) is 5.72. The number of carbonyl (C=O) groups excluding carboxylic acids is 1. The predicted octanol–water partition coefficient (Wildman–Crippen LogP) is 4.60. The third kappa shape index (κ3) is 2.31. The number of carbonyl (C=O) groups is 1. The molecule has 2 nitrogen and oxygen atoms in total. The van der Waals surface area contributed by atoms with E-state index < -0.39 is 0 Å². The van der Waals surface area contributed by atoms with E-state index in [0.29, 0.717) is 10.6 Å². The lowest BCUT2D eigenvalue weighted by Crippen LogP contribution is -2.03. The molecule has 0 aliphatic carbocycles. The van der Waals surface area contributed by atoms with Gasteiger partial charge in [-0.25, -0.2) is 0 Å². The number of anilines is 1. The van der Waals surface area contributed by atoms with E-state index in [0.717, 1.165) is 21.3 Å². The Bertz CT molecular complexity index is 709. The smallest absolute Gasteiger partial charge is 0.256 e. The van der Waals surface area contributed by atoms with Gasteiger partial charge in [0.15, 0.2) is 0 Å². The lowest BCUT2D eigenvalue weighted by molar-refractivity contribution is -0.110. The normalized spacial score (nSPS) is 15.5. The van der Waals surface area contributed by atoms with E-state index in [4.69, 9.17) is 11.6 Å². The summed E-state index contributed by atoms with van der Waals surface area (Å²) in [7, 11) is 0. The number of hydrogen-bond acceptors (Lipinski definition) is 1. The summed E-state index contributed by atoms with van der Waals surface area (Å²) < 4.78 is 0.956. The average molecular weight is 335 g/mol. The summed E-state index contributed by atoms with van der Waals surface area (Å²) in [6.07, 6.45) is 1.87. The van der Waals surface area contributed by atoms with Gasteiger partial charge in [-0.3, -0.25) is 4.79 Å². The molecule has 0 saturated heterocycles. The zero-order valence-corrected chi connectivity index (χ0v) is 12.1. The molecule has 1 amide bonds. The van der Waals surface area contributed by atoms with Crippen molar-refractivity contribution in [1.82, 2.24) is 0 Å². The molecule has 0 radical (unpaired) electrons. The molecule has 0 bridgehead atoms. The zero-order valence-electron chi connectivity index (χ0n) is 9.78. The van der Waals surface area contributed by atoms with E-state index >= 15 is 0 Å². The van der Waals surface area contributed by atoms with Gasteiger partial charge in [-0.15, -0.1) is 0 Å². The van der Waals surface area contributed by atoms with Gasteiger partial charge in [-0.05, 0) is 29.8 Å². The molecule has 0 saturated carbocycles. The van der Waals surface area contributed by atoms with Gasteiger partial charge in [-0.1, -0.05) is 51.8 Å². The minimum Gasteiger partial charge on any atom is -0.321 e. The molecule has 0 atom stereocenters. The summed E-state index contributed by atoms with van der Waals surface area (Å²) in [5.41, 5.74) is 3.26. The molecule has 0 unspecified atom stereocenters. The highest BCUT2D eigenvalue weighted by Crippen LogP contribution is 2.35. The van der Waals surface area contributed by atoms with E-state index in [1.807, 2.05) is 36.4 Å². The van der Waals surface area contributed by atoms with Crippen molar-refractivity contribution in [3.63, 3.8) is 0 Å². The van der Waals surface area contributed by atoms with Crippen molar-refractivity contribution in [2.24, 2.45) is 0 Å². The van der Waals surface area contributed by atoms with Crippen molar-refractivity contribution < 1.29 is 4.79 Å². The van der Waals surface area contributed by atoms with Crippen molar-refractivity contribution in [2.45, 2.75) is 0 Å². The molecule has 2 aromatic rings. The number of fused-ring (bicyclic) bond motifs is 1. The Labute approximate surface area is 124 Å². The number of amides is 1. The summed E-state index contributed by atoms with van der Waals surface area (Å²) in [5, 5.41) is 3.43. The summed E-state index contributed by atoms with van der Waals surface area (Å²) in [5.74, 6) is -0.104. The Morgan fingerprint density at radius 3 is 2.74 bits per heavy atom. The third-order valence-corrected chi connectivity index (χ3v) is 3.93. The molecule has 19 heavy (non-hydrogen) atoms. The molecule has 1 N–H and O–H groups in total. The highest BCUT2D eigenvalue weighted by molar-refractivity contribution is 9.10. The zero-order chi connectivity index (χ0) is 13.4. The van der Waals surface area contributed by atoms with Gasteiger partial charge < -0.3 is 5.32 Å². The lowest BCUT2D eigenvalue weighted by Gasteiger charge is -2.01. The summed E-state index contributed by atoms with van der Waals surface area (Å²) in [4.78, 5) is 12.0. The van der Waals surface area contributed by atoms with Gasteiger partial charge in [0.1, 0.15) is 0 Å². The number of nitrogens with one attached hydrogen (secondary N) is 1. The fourth-order valence-corrected chi connectivity index (χ4v) is 2.63. The molecule has 1 aliphatic rings. The van der Waals surface area contributed by atoms with Crippen LogP contribution in [0.4, 0.5) is 5.69 Å². The first-order valence-corrected chi connectivity index (χ1v) is 6.90. The van der Waals surface area contributed by atoms with Crippen LogP contribution in [0.1, 0.15) is 11.1 Å². The van der Waals surface area contributed by atoms with E-state index in [9.17, 15) is 4.79 Å². The van der Waals surface area contributed by atoms with E-state index in [2.05, 4.69) is 21.2 Å². The van der Waals surface area contributed by atoms with Crippen LogP contribution in [-0.2, 0) is 4.79 Å². The van der Waals surface area contributed by atoms with Crippen LogP contribution >= 0.6 is 27.5 Å². The van der Waals surface area contributed by atoms with Crippen molar-refractivity contribution >= 4 is 50.8 Å². The Morgan fingerprint density at radius 1 is 1.16 bits per heavy atom. The molecule has 1 aliphatic heterocycles. The minimum absolute atomic E-state index is 0.104. The molecule has 0 spiro atoms. The lowest BCUT2D eigenvalue weighted by atomic mass is 10.0. The van der Waals surface area contributed by atoms with Crippen LogP contribution in [0.3, 0.4) is 0 Å². The average Bonchev–Trinajstić information content (AvgIpc) is 2.68. The summed E-state index contributed by atoms with van der Waals surface area (Å²) in [6, 6.07) is 13.2. The maximum absolute atomic E-state index is 12.0. The topological polar surface area (TPSA) is 29.1 Å². The molecule has 1 heterocycles. The fraction of sp³-hybridized carbons (Fsp3) is 0. The second-order valence-electron chi connectivity index (χ2n) is 4.22. The minimum atomic E-state index is -0.104. The Balaban J connectivity index is 2.12. The highest BCUT2D eigenvalue weighted by Gasteiger charge is 2.24. The number of benzene rings is 2. The van der Waals surface area contributed by atoms with Crippen LogP contribution in [0, 0.1) is 0 Å². The van der Waals surface area contributed by atoms with Crippen LogP contribution < -0.4 is 5.32 Å². The van der Waals surface area contributed by atoms with E-state index in [1.165, 1.54) is 0 Å². The van der Waals surface area contributed by atoms with Crippen LogP contribution in [-0.4, -0.2) is 5.91 Å². The molecule has 3 rings (SSSR count). The van der Waals surface area contributed by atoms with Gasteiger partial charge in [-0.2, -0.15) is 0 Å². The summed E-state index contributed by atoms with van der Waals surface area (Å²) in [6.45, 7) is 0. The van der Waals surface area contributed by atoms with Gasteiger partial charge in [0.2, 0.25) is 0 Å². The predicted molar refractivity (Wildman–Crippen MR) is 82.1 cm³/mol. The number of halogens is 2. The van der Waals surface area contributed by atoms with Crippen LogP contribution in [0.25, 0.3) is 11.6 Å². The summed E-state index contributed by atoms with van der Waals surface area (Å²) >= 11 is 9.40. The number of hydrogen-bond donors (Lipinski definition) is 1. The maximum Gasteiger partial charge on any atom is 0.256 e. The maximum atomic E-state index is 12.0. The van der Waals surface area contributed by atoms with Crippen LogP contribution in [0.15, 0.2) is 46.9 Å². The Hall–Kier alpha value is -1.58. The van der Waals surface area contributed by atoms with Gasteiger partial charge in [0.25, 0.3) is 5.91 Å². The van der Waals surface area contributed by atoms with Gasteiger partial charge >= 0.3 is 0 Å². The third-order valence-electron chi connectivity index (χ3n) is 2.97. The Kier molecular flexibility index (Phi) is 3.17. The number of rotatable bonds is 1. The second kappa shape index (κ2) is 4.83. The molecule has 2 aromatic carbocycles. The van der Waals surface area contributed by atoms with Crippen molar-refractivity contribution in [3.05, 3.63) is 63.1 Å². The molecule has 94 valence electrons. The SMILES string of the molecule is O=C1Nc2cc(Cl)ccc2C1=Cc1ccccc1Br. The molecular formula is C15H9BrClNO. The molecule has 0 fully saturated rings. The molecule has 4 heteroatoms. The van der Waals surface area contributed by atoms with Gasteiger partial charge in [0, 0.05) is 20.6 Å². The molecular weight excluding hydrogens is 326 g/mol. The Morgan fingerprint density at radius 2 is 1.95 bits per heavy atom. The standard InChI is InChI=1S/C15H9BrClNO/c16-13-4-2-1-3-9(13)7-12-11-6-5-10(17)8-14(11)18-15(12)19/h1-8H,(H,18,19). The first-order chi connectivity index (χ1) is 9.15. The quantitative estimate of drug-likeness (QED) is 0.759.